The molecule has 0 aliphatic rings. The van der Waals surface area contributed by atoms with Crippen LogP contribution in [0, 0.1) is 6.92 Å². The lowest BCUT2D eigenvalue weighted by Gasteiger charge is -2.19. The zero-order valence-electron chi connectivity index (χ0n) is 9.84. The van der Waals surface area contributed by atoms with Gasteiger partial charge in [-0.15, -0.1) is 0 Å². The van der Waals surface area contributed by atoms with Gasteiger partial charge in [0.15, 0.2) is 0 Å². The number of aryl methyl sites for hydroxylation is 1. The number of ether oxygens (including phenoxy) is 1. The lowest BCUT2D eigenvalue weighted by molar-refractivity contribution is -0.185. The number of rotatable bonds is 5. The third kappa shape index (κ3) is 5.19. The molecule has 0 aliphatic heterocycles. The van der Waals surface area contributed by atoms with E-state index in [1.165, 1.54) is 0 Å². The average molecular weight is 247 g/mol. The highest BCUT2D eigenvalue weighted by Gasteiger charge is 2.29. The van der Waals surface area contributed by atoms with Gasteiger partial charge in [0.1, 0.15) is 6.61 Å². The van der Waals surface area contributed by atoms with Crippen LogP contribution in [0.5, 0.6) is 0 Å². The van der Waals surface area contributed by atoms with Crippen molar-refractivity contribution < 1.29 is 17.9 Å². The molecule has 1 atom stereocenters. The minimum atomic E-state index is -4.30. The Morgan fingerprint density at radius 1 is 1.35 bits per heavy atom. The van der Waals surface area contributed by atoms with Crippen LogP contribution in [-0.2, 0) is 4.74 Å². The molecule has 0 aliphatic carbocycles. The van der Waals surface area contributed by atoms with E-state index in [4.69, 9.17) is 4.74 Å². The quantitative estimate of drug-likeness (QED) is 0.863. The summed E-state index contributed by atoms with van der Waals surface area (Å²) in [6.45, 7) is 1.01. The summed E-state index contributed by atoms with van der Waals surface area (Å²) in [5.41, 5.74) is 1.75. The Kier molecular flexibility index (Phi) is 4.96. The Morgan fingerprint density at radius 3 is 2.59 bits per heavy atom. The first-order valence-electron chi connectivity index (χ1n) is 5.32. The van der Waals surface area contributed by atoms with E-state index in [0.29, 0.717) is 6.54 Å². The van der Waals surface area contributed by atoms with Crippen LogP contribution in [-0.4, -0.2) is 26.4 Å². The molecule has 1 rings (SSSR count). The summed E-state index contributed by atoms with van der Waals surface area (Å²) in [5, 5.41) is 2.83. The van der Waals surface area contributed by atoms with Crippen molar-refractivity contribution in [2.75, 3.05) is 20.2 Å². The van der Waals surface area contributed by atoms with Crippen molar-refractivity contribution in [3.8, 4) is 0 Å². The predicted molar refractivity (Wildman–Crippen MR) is 59.9 cm³/mol. The van der Waals surface area contributed by atoms with Crippen LogP contribution in [0.4, 0.5) is 13.2 Å². The molecule has 0 aromatic heterocycles. The molecule has 1 aromatic rings. The highest BCUT2D eigenvalue weighted by Crippen LogP contribution is 2.22. The van der Waals surface area contributed by atoms with E-state index < -0.39 is 18.9 Å². The Morgan fingerprint density at radius 2 is 2.06 bits per heavy atom. The Labute approximate surface area is 98.8 Å². The van der Waals surface area contributed by atoms with Crippen molar-refractivity contribution in [1.82, 2.24) is 5.32 Å². The number of likely N-dealkylation sites (N-methyl/N-ethyl adjacent to an activating group) is 1. The number of hydrogen-bond donors (Lipinski definition) is 1. The molecule has 1 N–H and O–H groups in total. The number of alkyl halides is 3. The molecule has 1 unspecified atom stereocenters. The fourth-order valence-electron chi connectivity index (χ4n) is 1.52. The Balaban J connectivity index is 2.71. The molecule has 0 bridgehead atoms. The van der Waals surface area contributed by atoms with Gasteiger partial charge >= 0.3 is 6.18 Å². The summed E-state index contributed by atoms with van der Waals surface area (Å²) < 4.78 is 41.2. The lowest BCUT2D eigenvalue weighted by Crippen LogP contribution is -2.25. The topological polar surface area (TPSA) is 21.3 Å². The third-order valence-electron chi connectivity index (χ3n) is 2.25. The zero-order valence-corrected chi connectivity index (χ0v) is 9.84. The van der Waals surface area contributed by atoms with Gasteiger partial charge in [-0.1, -0.05) is 29.8 Å². The number of halogens is 3. The molecule has 0 fully saturated rings. The minimum absolute atomic E-state index is 0.347. The number of hydrogen-bond acceptors (Lipinski definition) is 2. The van der Waals surface area contributed by atoms with E-state index in [9.17, 15) is 13.2 Å². The Bertz CT molecular complexity index is 352. The van der Waals surface area contributed by atoms with E-state index in [1.54, 1.807) is 13.1 Å². The zero-order chi connectivity index (χ0) is 12.9. The van der Waals surface area contributed by atoms with Gasteiger partial charge in [0.05, 0.1) is 6.10 Å². The molecule has 1 aromatic carbocycles. The van der Waals surface area contributed by atoms with E-state index in [0.717, 1.165) is 11.1 Å². The molecule has 17 heavy (non-hydrogen) atoms. The van der Waals surface area contributed by atoms with Gasteiger partial charge in [0.25, 0.3) is 0 Å². The summed E-state index contributed by atoms with van der Waals surface area (Å²) in [5.74, 6) is 0. The van der Waals surface area contributed by atoms with Crippen LogP contribution in [0.3, 0.4) is 0 Å². The van der Waals surface area contributed by atoms with Gasteiger partial charge < -0.3 is 10.1 Å². The number of benzene rings is 1. The summed E-state index contributed by atoms with van der Waals surface area (Å²) >= 11 is 0. The molecule has 0 heterocycles. The van der Waals surface area contributed by atoms with Gasteiger partial charge in [0, 0.05) is 6.54 Å². The second kappa shape index (κ2) is 6.02. The first-order valence-corrected chi connectivity index (χ1v) is 5.32. The molecule has 0 saturated carbocycles. The second-order valence-corrected chi connectivity index (χ2v) is 3.89. The highest BCUT2D eigenvalue weighted by molar-refractivity contribution is 5.24. The first kappa shape index (κ1) is 14.0. The molecular formula is C12H16F3NO. The van der Waals surface area contributed by atoms with Crippen molar-refractivity contribution in [1.29, 1.82) is 0 Å². The van der Waals surface area contributed by atoms with Crippen molar-refractivity contribution in [2.45, 2.75) is 19.2 Å². The molecular weight excluding hydrogens is 231 g/mol. The largest absolute Gasteiger partial charge is 0.411 e. The van der Waals surface area contributed by atoms with E-state index in [1.807, 2.05) is 25.1 Å². The maximum atomic E-state index is 12.1. The van der Waals surface area contributed by atoms with Crippen LogP contribution < -0.4 is 5.32 Å². The highest BCUT2D eigenvalue weighted by atomic mass is 19.4. The molecule has 0 saturated heterocycles. The van der Waals surface area contributed by atoms with Crippen LogP contribution in [0.25, 0.3) is 0 Å². The third-order valence-corrected chi connectivity index (χ3v) is 2.25. The van der Waals surface area contributed by atoms with Crippen LogP contribution in [0.1, 0.15) is 17.2 Å². The first-order chi connectivity index (χ1) is 7.92. The van der Waals surface area contributed by atoms with Gasteiger partial charge in [-0.05, 0) is 19.5 Å². The molecule has 5 heteroatoms. The van der Waals surface area contributed by atoms with Crippen molar-refractivity contribution in [3.63, 3.8) is 0 Å². The lowest BCUT2D eigenvalue weighted by atomic mass is 10.1. The monoisotopic (exact) mass is 247 g/mol. The second-order valence-electron chi connectivity index (χ2n) is 3.89. The van der Waals surface area contributed by atoms with Gasteiger partial charge in [-0.2, -0.15) is 13.2 Å². The van der Waals surface area contributed by atoms with E-state index in [-0.39, 0.29) is 0 Å². The van der Waals surface area contributed by atoms with Crippen LogP contribution in [0.15, 0.2) is 24.3 Å². The van der Waals surface area contributed by atoms with Crippen molar-refractivity contribution in [3.05, 3.63) is 35.4 Å². The van der Waals surface area contributed by atoms with E-state index in [2.05, 4.69) is 5.32 Å². The summed E-state index contributed by atoms with van der Waals surface area (Å²) in [7, 11) is 1.68. The molecule has 2 nitrogen and oxygen atoms in total. The maximum absolute atomic E-state index is 12.1. The normalized spacial score (nSPS) is 13.7. The van der Waals surface area contributed by atoms with Gasteiger partial charge in [-0.3, -0.25) is 0 Å². The Hall–Kier alpha value is -1.07. The summed E-state index contributed by atoms with van der Waals surface area (Å²) in [4.78, 5) is 0. The minimum Gasteiger partial charge on any atom is -0.363 e. The molecule has 0 amide bonds. The molecule has 96 valence electrons. The fourth-order valence-corrected chi connectivity index (χ4v) is 1.52. The predicted octanol–water partition coefficient (Wildman–Crippen LogP) is 2.83. The molecule has 0 radical (unpaired) electrons. The summed E-state index contributed by atoms with van der Waals surface area (Å²) in [6.07, 6.45) is -4.88. The van der Waals surface area contributed by atoms with Crippen LogP contribution in [0.2, 0.25) is 0 Å². The maximum Gasteiger partial charge on any atom is 0.411 e. The smallest absolute Gasteiger partial charge is 0.363 e. The van der Waals surface area contributed by atoms with Gasteiger partial charge in [-0.25, -0.2) is 0 Å². The molecule has 0 spiro atoms. The average Bonchev–Trinajstić information content (AvgIpc) is 2.23. The SMILES string of the molecule is CNCC(OCC(F)(F)F)c1cccc(C)c1. The van der Waals surface area contributed by atoms with Crippen molar-refractivity contribution in [2.24, 2.45) is 0 Å². The van der Waals surface area contributed by atoms with Gasteiger partial charge in [0.2, 0.25) is 0 Å². The van der Waals surface area contributed by atoms with E-state index >= 15 is 0 Å². The van der Waals surface area contributed by atoms with Crippen molar-refractivity contribution >= 4 is 0 Å². The number of nitrogens with one attached hydrogen (secondary N) is 1. The van der Waals surface area contributed by atoms with Crippen LogP contribution >= 0.6 is 0 Å². The summed E-state index contributed by atoms with van der Waals surface area (Å²) in [6, 6.07) is 7.30. The standard InChI is InChI=1S/C12H16F3NO/c1-9-4-3-5-10(6-9)11(7-16-2)17-8-12(13,14)15/h3-6,11,16H,7-8H2,1-2H3. The fraction of sp³-hybridized carbons (Fsp3) is 0.500.